The Morgan fingerprint density at radius 2 is 1.97 bits per heavy atom. The van der Waals surface area contributed by atoms with Crippen molar-refractivity contribution in [1.82, 2.24) is 9.29 Å². The number of alkyl halides is 3. The van der Waals surface area contributed by atoms with E-state index in [-0.39, 0.29) is 18.1 Å². The summed E-state index contributed by atoms with van der Waals surface area (Å²) in [4.78, 5) is 16.6. The maximum Gasteiger partial charge on any atom is 0.573 e. The fraction of sp³-hybridized carbons (Fsp3) is 0.400. The Morgan fingerprint density at radius 1 is 1.27 bits per heavy atom. The summed E-state index contributed by atoms with van der Waals surface area (Å²) in [5.74, 6) is -0.385. The Labute approximate surface area is 177 Å². The third-order valence-electron chi connectivity index (χ3n) is 3.73. The summed E-state index contributed by atoms with van der Waals surface area (Å²) in [7, 11) is 0. The number of carbonyl (C=O) groups is 1. The average Bonchev–Trinajstić information content (AvgIpc) is 3.21. The number of aromatic nitrogens is 1. The lowest BCUT2D eigenvalue weighted by Gasteiger charge is -2.24. The fourth-order valence-electron chi connectivity index (χ4n) is 2.50. The topological polar surface area (TPSA) is 64.8 Å². The smallest absolute Gasteiger partial charge is 0.461 e. The molecule has 30 heavy (non-hydrogen) atoms. The molecule has 1 aliphatic heterocycles. The highest BCUT2D eigenvalue weighted by atomic mass is 32.2. The molecule has 0 saturated heterocycles. The van der Waals surface area contributed by atoms with Crippen LogP contribution in [-0.2, 0) is 4.74 Å². The van der Waals surface area contributed by atoms with Crippen molar-refractivity contribution in [1.29, 1.82) is 0 Å². The van der Waals surface area contributed by atoms with Gasteiger partial charge in [-0.25, -0.2) is 14.1 Å². The molecular formula is C20H23F3N2O4S. The summed E-state index contributed by atoms with van der Waals surface area (Å²) in [6, 6.07) is 5.71. The Balaban J connectivity index is 0.00000155. The summed E-state index contributed by atoms with van der Waals surface area (Å²) in [6.07, 6.45) is -0.820. The molecule has 0 atom stereocenters. The number of oxazole rings is 1. The van der Waals surface area contributed by atoms with Gasteiger partial charge in [0, 0.05) is 23.6 Å². The molecule has 1 aromatic carbocycles. The van der Waals surface area contributed by atoms with Crippen LogP contribution in [0.25, 0.3) is 5.57 Å². The second-order valence-corrected chi connectivity index (χ2v) is 6.91. The highest BCUT2D eigenvalue weighted by molar-refractivity contribution is 7.97. The molecule has 0 saturated carbocycles. The van der Waals surface area contributed by atoms with E-state index >= 15 is 0 Å². The maximum atomic E-state index is 12.2. The van der Waals surface area contributed by atoms with Crippen LogP contribution in [0.2, 0.25) is 0 Å². The van der Waals surface area contributed by atoms with Gasteiger partial charge in [-0.3, -0.25) is 0 Å². The van der Waals surface area contributed by atoms with Gasteiger partial charge in [0.1, 0.15) is 12.0 Å². The van der Waals surface area contributed by atoms with Crippen LogP contribution in [0.1, 0.15) is 43.6 Å². The number of benzene rings is 1. The van der Waals surface area contributed by atoms with Crippen LogP contribution >= 0.6 is 11.9 Å². The molecule has 0 spiro atoms. The van der Waals surface area contributed by atoms with Gasteiger partial charge < -0.3 is 13.9 Å². The van der Waals surface area contributed by atoms with Gasteiger partial charge in [-0.15, -0.1) is 13.2 Å². The zero-order valence-electron chi connectivity index (χ0n) is 16.9. The predicted octanol–water partition coefficient (Wildman–Crippen LogP) is 5.57. The molecule has 0 aliphatic carbocycles. The van der Waals surface area contributed by atoms with Gasteiger partial charge in [0.15, 0.2) is 5.69 Å². The molecule has 10 heteroatoms. The van der Waals surface area contributed by atoms with Crippen LogP contribution in [0.5, 0.6) is 5.75 Å². The Morgan fingerprint density at radius 3 is 2.53 bits per heavy atom. The SMILES string of the molecule is CC.CCOC(=O)c1coc(C2=CCN(Sc3ccc(OC(F)(F)F)cc3)CC2)n1. The molecule has 2 aromatic rings. The lowest BCUT2D eigenvalue weighted by atomic mass is 10.1. The fourth-order valence-corrected chi connectivity index (χ4v) is 3.39. The first-order chi connectivity index (χ1) is 14.3. The van der Waals surface area contributed by atoms with E-state index in [0.29, 0.717) is 25.4 Å². The van der Waals surface area contributed by atoms with Gasteiger partial charge in [-0.2, -0.15) is 0 Å². The Bertz CT molecular complexity index is 850. The standard InChI is InChI=1S/C18H17F3N2O4S.C2H6/c1-2-25-17(24)15-11-26-16(22-15)12-7-9-23(10-8-12)28-14-5-3-13(4-6-14)27-18(19,20)21;1-2/h3-7,11H,2,8-10H2,1H3;1-2H3. The minimum absolute atomic E-state index is 0.135. The van der Waals surface area contributed by atoms with Crippen molar-refractivity contribution in [3.63, 3.8) is 0 Å². The minimum Gasteiger partial charge on any atom is -0.461 e. The third kappa shape index (κ3) is 7.10. The highest BCUT2D eigenvalue weighted by Gasteiger charge is 2.31. The van der Waals surface area contributed by atoms with E-state index in [1.54, 1.807) is 19.1 Å². The number of halogens is 3. The molecule has 0 amide bonds. The van der Waals surface area contributed by atoms with Gasteiger partial charge in [-0.05, 0) is 49.6 Å². The number of hydrogen-bond donors (Lipinski definition) is 0. The van der Waals surface area contributed by atoms with Crippen LogP contribution in [-0.4, -0.2) is 41.3 Å². The molecule has 0 radical (unpaired) electrons. The summed E-state index contributed by atoms with van der Waals surface area (Å²) in [5.41, 5.74) is 1.03. The monoisotopic (exact) mass is 444 g/mol. The van der Waals surface area contributed by atoms with E-state index in [9.17, 15) is 18.0 Å². The van der Waals surface area contributed by atoms with Crippen LogP contribution in [0.3, 0.4) is 0 Å². The molecule has 1 aromatic heterocycles. The average molecular weight is 444 g/mol. The highest BCUT2D eigenvalue weighted by Crippen LogP contribution is 2.31. The molecule has 3 rings (SSSR count). The number of rotatable bonds is 6. The number of ether oxygens (including phenoxy) is 2. The summed E-state index contributed by atoms with van der Waals surface area (Å²) >= 11 is 1.43. The van der Waals surface area contributed by atoms with E-state index in [0.717, 1.165) is 10.5 Å². The molecule has 0 unspecified atom stereocenters. The van der Waals surface area contributed by atoms with Crippen LogP contribution in [0.15, 0.2) is 45.9 Å². The van der Waals surface area contributed by atoms with Crippen molar-refractivity contribution in [2.24, 2.45) is 0 Å². The molecule has 0 bridgehead atoms. The van der Waals surface area contributed by atoms with E-state index in [4.69, 9.17) is 9.15 Å². The number of carbonyl (C=O) groups excluding carboxylic acids is 1. The van der Waals surface area contributed by atoms with Gasteiger partial charge >= 0.3 is 12.3 Å². The lowest BCUT2D eigenvalue weighted by molar-refractivity contribution is -0.274. The first-order valence-electron chi connectivity index (χ1n) is 9.45. The molecule has 6 nitrogen and oxygen atoms in total. The number of hydrogen-bond acceptors (Lipinski definition) is 7. The van der Waals surface area contributed by atoms with Crippen molar-refractivity contribution < 1.29 is 31.9 Å². The van der Waals surface area contributed by atoms with Gasteiger partial charge in [-0.1, -0.05) is 19.9 Å². The zero-order valence-corrected chi connectivity index (χ0v) is 17.7. The van der Waals surface area contributed by atoms with Gasteiger partial charge in [0.2, 0.25) is 5.89 Å². The van der Waals surface area contributed by atoms with E-state index in [1.165, 1.54) is 30.3 Å². The van der Waals surface area contributed by atoms with Crippen molar-refractivity contribution in [2.45, 2.75) is 38.4 Å². The van der Waals surface area contributed by atoms with Crippen LogP contribution < -0.4 is 4.74 Å². The van der Waals surface area contributed by atoms with Gasteiger partial charge in [0.05, 0.1) is 6.61 Å². The van der Waals surface area contributed by atoms with Crippen molar-refractivity contribution >= 4 is 23.5 Å². The summed E-state index contributed by atoms with van der Waals surface area (Å²) in [5, 5.41) is 0. The number of nitrogens with zero attached hydrogens (tertiary/aromatic N) is 2. The minimum atomic E-state index is -4.70. The lowest BCUT2D eigenvalue weighted by Crippen LogP contribution is -2.21. The molecule has 2 heterocycles. The number of esters is 1. The quantitative estimate of drug-likeness (QED) is 0.426. The van der Waals surface area contributed by atoms with Crippen molar-refractivity contribution in [3.8, 4) is 5.75 Å². The first kappa shape index (κ1) is 23.8. The molecule has 0 fully saturated rings. The first-order valence-corrected chi connectivity index (χ1v) is 10.2. The predicted molar refractivity (Wildman–Crippen MR) is 107 cm³/mol. The normalized spacial score (nSPS) is 14.4. The van der Waals surface area contributed by atoms with Crippen LogP contribution in [0, 0.1) is 0 Å². The van der Waals surface area contributed by atoms with Gasteiger partial charge in [0.25, 0.3) is 0 Å². The van der Waals surface area contributed by atoms with Crippen LogP contribution in [0.4, 0.5) is 13.2 Å². The third-order valence-corrected chi connectivity index (χ3v) is 4.80. The largest absolute Gasteiger partial charge is 0.573 e. The van der Waals surface area contributed by atoms with Crippen molar-refractivity contribution in [2.75, 3.05) is 19.7 Å². The summed E-state index contributed by atoms with van der Waals surface area (Å²) in [6.45, 7) is 7.26. The van der Waals surface area contributed by atoms with E-state index < -0.39 is 12.3 Å². The molecule has 1 aliphatic rings. The molecule has 164 valence electrons. The Hall–Kier alpha value is -2.46. The van der Waals surface area contributed by atoms with Crippen molar-refractivity contribution in [3.05, 3.63) is 48.2 Å². The maximum absolute atomic E-state index is 12.2. The zero-order chi connectivity index (χ0) is 22.1. The van der Waals surface area contributed by atoms with E-state index in [1.807, 2.05) is 19.9 Å². The molecular weight excluding hydrogens is 421 g/mol. The second kappa shape index (κ2) is 11.1. The Kier molecular flexibility index (Phi) is 8.79. The molecule has 0 N–H and O–H groups in total. The summed E-state index contributed by atoms with van der Waals surface area (Å²) < 4.78 is 52.7. The second-order valence-electron chi connectivity index (χ2n) is 5.74. The van der Waals surface area contributed by atoms with E-state index in [2.05, 4.69) is 14.0 Å².